The maximum absolute atomic E-state index is 9.97. The molecule has 5 nitrogen and oxygen atoms in total. The number of fused-ring (bicyclic) bond motifs is 1. The molecule has 0 radical (unpaired) electrons. The minimum atomic E-state index is -0.408. The molecule has 2 N–H and O–H groups in total. The zero-order valence-electron chi connectivity index (χ0n) is 16.5. The summed E-state index contributed by atoms with van der Waals surface area (Å²) in [5.41, 5.74) is 4.70. The van der Waals surface area contributed by atoms with Gasteiger partial charge in [-0.2, -0.15) is 0 Å². The second kappa shape index (κ2) is 8.46. The predicted molar refractivity (Wildman–Crippen MR) is 108 cm³/mol. The average molecular weight is 368 g/mol. The normalized spacial score (nSPS) is 12.5. The molecule has 0 fully saturated rings. The highest BCUT2D eigenvalue weighted by molar-refractivity contribution is 5.84. The molecule has 27 heavy (non-hydrogen) atoms. The van der Waals surface area contributed by atoms with E-state index in [0.29, 0.717) is 18.8 Å². The fourth-order valence-electron chi connectivity index (χ4n) is 3.52. The van der Waals surface area contributed by atoms with Gasteiger partial charge in [0, 0.05) is 36.2 Å². The van der Waals surface area contributed by atoms with Crippen LogP contribution in [0.25, 0.3) is 10.9 Å². The van der Waals surface area contributed by atoms with Crippen LogP contribution in [0.1, 0.15) is 23.7 Å². The molecule has 0 aliphatic rings. The fourth-order valence-corrected chi connectivity index (χ4v) is 3.52. The molecule has 5 heteroatoms. The van der Waals surface area contributed by atoms with Crippen LogP contribution in [-0.2, 0) is 13.1 Å². The summed E-state index contributed by atoms with van der Waals surface area (Å²) >= 11 is 0. The van der Waals surface area contributed by atoms with Crippen molar-refractivity contribution in [3.63, 3.8) is 0 Å². The van der Waals surface area contributed by atoms with Gasteiger partial charge in [0.25, 0.3) is 0 Å². The summed E-state index contributed by atoms with van der Waals surface area (Å²) in [6.07, 6.45) is -0.408. The lowest BCUT2D eigenvalue weighted by Gasteiger charge is -2.24. The molecule has 144 valence electrons. The van der Waals surface area contributed by atoms with Gasteiger partial charge in [0.05, 0.1) is 20.3 Å². The van der Waals surface area contributed by atoms with Crippen LogP contribution in [0, 0.1) is 6.92 Å². The number of hydrogen-bond acceptors (Lipinski definition) is 4. The number of nitrogens with one attached hydrogen (secondary N) is 1. The van der Waals surface area contributed by atoms with Crippen LogP contribution in [0.2, 0.25) is 0 Å². The van der Waals surface area contributed by atoms with Crippen LogP contribution in [0.4, 0.5) is 0 Å². The number of aryl methyl sites for hydroxylation is 1. The van der Waals surface area contributed by atoms with Gasteiger partial charge in [0.2, 0.25) is 0 Å². The highest BCUT2D eigenvalue weighted by Gasteiger charge is 2.15. The molecular weight excluding hydrogens is 340 g/mol. The zero-order chi connectivity index (χ0) is 19.4. The Morgan fingerprint density at radius 1 is 1.04 bits per heavy atom. The third kappa shape index (κ3) is 4.43. The maximum atomic E-state index is 9.97. The number of nitrogens with zero attached hydrogens (tertiary/aromatic N) is 1. The number of ether oxygens (including phenoxy) is 2. The molecule has 1 heterocycles. The minimum absolute atomic E-state index is 0.408. The van der Waals surface area contributed by atoms with E-state index in [9.17, 15) is 5.11 Å². The van der Waals surface area contributed by atoms with Crippen molar-refractivity contribution in [2.75, 3.05) is 20.8 Å². The summed E-state index contributed by atoms with van der Waals surface area (Å²) < 4.78 is 10.7. The lowest BCUT2D eigenvalue weighted by Crippen LogP contribution is -2.30. The van der Waals surface area contributed by atoms with Crippen molar-refractivity contribution in [2.45, 2.75) is 33.0 Å². The lowest BCUT2D eigenvalue weighted by atomic mass is 10.1. The largest absolute Gasteiger partial charge is 0.493 e. The Morgan fingerprint density at radius 2 is 1.78 bits per heavy atom. The molecule has 0 saturated carbocycles. The van der Waals surface area contributed by atoms with Gasteiger partial charge in [0.1, 0.15) is 0 Å². The van der Waals surface area contributed by atoms with Crippen LogP contribution in [0.15, 0.2) is 42.5 Å². The van der Waals surface area contributed by atoms with Crippen molar-refractivity contribution in [3.05, 3.63) is 59.3 Å². The first-order valence-corrected chi connectivity index (χ1v) is 9.19. The van der Waals surface area contributed by atoms with E-state index in [-0.39, 0.29) is 0 Å². The minimum Gasteiger partial charge on any atom is -0.493 e. The predicted octanol–water partition coefficient (Wildman–Crippen LogP) is 3.88. The second-order valence-electron chi connectivity index (χ2n) is 6.98. The number of benzene rings is 2. The molecule has 0 unspecified atom stereocenters. The highest BCUT2D eigenvalue weighted by atomic mass is 16.5. The highest BCUT2D eigenvalue weighted by Crippen LogP contribution is 2.29. The Labute approximate surface area is 160 Å². The molecule has 0 aliphatic carbocycles. The Bertz CT molecular complexity index is 902. The Morgan fingerprint density at radius 3 is 2.44 bits per heavy atom. The van der Waals surface area contributed by atoms with E-state index < -0.39 is 6.10 Å². The molecule has 0 saturated heterocycles. The van der Waals surface area contributed by atoms with Crippen LogP contribution >= 0.6 is 0 Å². The lowest BCUT2D eigenvalue weighted by molar-refractivity contribution is 0.117. The van der Waals surface area contributed by atoms with Crippen LogP contribution in [-0.4, -0.2) is 41.9 Å². The number of aliphatic hydroxyl groups excluding tert-OH is 1. The molecule has 0 aliphatic heterocycles. The van der Waals surface area contributed by atoms with Crippen LogP contribution < -0.4 is 9.47 Å². The van der Waals surface area contributed by atoms with Crippen molar-refractivity contribution in [1.29, 1.82) is 0 Å². The van der Waals surface area contributed by atoms with Gasteiger partial charge in [-0.3, -0.25) is 4.90 Å². The van der Waals surface area contributed by atoms with E-state index in [4.69, 9.17) is 9.47 Å². The Balaban J connectivity index is 1.84. The van der Waals surface area contributed by atoms with Gasteiger partial charge in [-0.05, 0) is 43.2 Å². The van der Waals surface area contributed by atoms with E-state index in [1.54, 1.807) is 14.2 Å². The summed E-state index contributed by atoms with van der Waals surface area (Å²) in [4.78, 5) is 5.77. The van der Waals surface area contributed by atoms with Gasteiger partial charge in [-0.25, -0.2) is 0 Å². The quantitative estimate of drug-likeness (QED) is 0.634. The number of H-pyrrole nitrogens is 1. The standard InChI is InChI=1S/C22H28N2O3/c1-15(25)12-24(13-17-9-10-21(26-3)22(11-17)27-4)14-20-16(2)18-7-5-6-8-19(18)23-20/h5-11,15,23,25H,12-14H2,1-4H3/t15-/m0/s1. The number of hydrogen-bond donors (Lipinski definition) is 2. The van der Waals surface area contributed by atoms with Crippen molar-refractivity contribution in [2.24, 2.45) is 0 Å². The van der Waals surface area contributed by atoms with Crippen molar-refractivity contribution in [1.82, 2.24) is 9.88 Å². The van der Waals surface area contributed by atoms with E-state index in [1.165, 1.54) is 16.6 Å². The molecule has 0 bridgehead atoms. The summed E-state index contributed by atoms with van der Waals surface area (Å²) in [7, 11) is 3.28. The molecule has 0 amide bonds. The zero-order valence-corrected chi connectivity index (χ0v) is 16.5. The van der Waals surface area contributed by atoms with E-state index in [1.807, 2.05) is 31.2 Å². The monoisotopic (exact) mass is 368 g/mol. The summed E-state index contributed by atoms with van der Waals surface area (Å²) in [5.74, 6) is 1.43. The van der Waals surface area contributed by atoms with E-state index in [2.05, 4.69) is 35.0 Å². The Hall–Kier alpha value is -2.50. The summed E-state index contributed by atoms with van der Waals surface area (Å²) in [6.45, 7) is 5.99. The number of aromatic amines is 1. The van der Waals surface area contributed by atoms with Gasteiger partial charge in [-0.15, -0.1) is 0 Å². The van der Waals surface area contributed by atoms with Gasteiger partial charge < -0.3 is 19.6 Å². The smallest absolute Gasteiger partial charge is 0.161 e. The number of methoxy groups -OCH3 is 2. The molecule has 1 atom stereocenters. The van der Waals surface area contributed by atoms with Gasteiger partial charge >= 0.3 is 0 Å². The Kier molecular flexibility index (Phi) is 6.04. The van der Waals surface area contributed by atoms with E-state index >= 15 is 0 Å². The first-order chi connectivity index (χ1) is 13.0. The first-order valence-electron chi connectivity index (χ1n) is 9.19. The third-order valence-electron chi connectivity index (χ3n) is 4.83. The average Bonchev–Trinajstić information content (AvgIpc) is 2.97. The molecular formula is C22H28N2O3. The van der Waals surface area contributed by atoms with Crippen molar-refractivity contribution < 1.29 is 14.6 Å². The van der Waals surface area contributed by atoms with Crippen molar-refractivity contribution >= 4 is 10.9 Å². The second-order valence-corrected chi connectivity index (χ2v) is 6.98. The molecule has 3 rings (SSSR count). The molecule has 2 aromatic carbocycles. The van der Waals surface area contributed by atoms with Gasteiger partial charge in [0.15, 0.2) is 11.5 Å². The molecule has 3 aromatic rings. The SMILES string of the molecule is COc1ccc(CN(Cc2[nH]c3ccccc3c2C)C[C@H](C)O)cc1OC. The number of para-hydroxylation sites is 1. The molecule has 1 aromatic heterocycles. The summed E-state index contributed by atoms with van der Waals surface area (Å²) in [5, 5.41) is 11.2. The van der Waals surface area contributed by atoms with Gasteiger partial charge in [-0.1, -0.05) is 24.3 Å². The summed E-state index contributed by atoms with van der Waals surface area (Å²) in [6, 6.07) is 14.3. The van der Waals surface area contributed by atoms with E-state index in [0.717, 1.165) is 23.4 Å². The maximum Gasteiger partial charge on any atom is 0.161 e. The number of aliphatic hydroxyl groups is 1. The molecule has 0 spiro atoms. The third-order valence-corrected chi connectivity index (χ3v) is 4.83. The number of aromatic nitrogens is 1. The first kappa shape index (κ1) is 19.3. The number of rotatable bonds is 8. The topological polar surface area (TPSA) is 57.7 Å². The van der Waals surface area contributed by atoms with Crippen molar-refractivity contribution in [3.8, 4) is 11.5 Å². The van der Waals surface area contributed by atoms with Crippen LogP contribution in [0.3, 0.4) is 0 Å². The fraction of sp³-hybridized carbons (Fsp3) is 0.364. The van der Waals surface area contributed by atoms with Crippen LogP contribution in [0.5, 0.6) is 11.5 Å².